The number of benzene rings is 2. The van der Waals surface area contributed by atoms with E-state index in [4.69, 9.17) is 11.6 Å². The molecule has 0 spiro atoms. The van der Waals surface area contributed by atoms with Gasteiger partial charge >= 0.3 is 6.18 Å². The smallest absolute Gasteiger partial charge is 0.375 e. The zero-order valence-electron chi connectivity index (χ0n) is 23.2. The molecule has 2 aliphatic rings. The Hall–Kier alpha value is -1.88. The highest BCUT2D eigenvalue weighted by atomic mass is 35.5. The third kappa shape index (κ3) is 6.77. The van der Waals surface area contributed by atoms with Crippen LogP contribution < -0.4 is 4.90 Å². The minimum absolute atomic E-state index is 0.305. The van der Waals surface area contributed by atoms with Gasteiger partial charge in [0.05, 0.1) is 0 Å². The van der Waals surface area contributed by atoms with Crippen LogP contribution in [-0.4, -0.2) is 77.8 Å². The van der Waals surface area contributed by atoms with Crippen LogP contribution in [0.4, 0.5) is 18.9 Å². The Labute approximate surface area is 240 Å². The van der Waals surface area contributed by atoms with Gasteiger partial charge in [-0.3, -0.25) is 9.80 Å². The molecule has 2 heterocycles. The number of likely N-dealkylation sites (tertiary alicyclic amines) is 1. The van der Waals surface area contributed by atoms with E-state index in [0.717, 1.165) is 44.5 Å². The van der Waals surface area contributed by atoms with Gasteiger partial charge in [0, 0.05) is 42.5 Å². The lowest BCUT2D eigenvalue weighted by Crippen LogP contribution is -2.58. The fourth-order valence-electron chi connectivity index (χ4n) is 6.18. The first kappa shape index (κ1) is 31.1. The summed E-state index contributed by atoms with van der Waals surface area (Å²) >= 11 is 6.47. The van der Waals surface area contributed by atoms with E-state index in [-0.39, 0.29) is 5.56 Å². The van der Waals surface area contributed by atoms with E-state index >= 15 is 0 Å². The second kappa shape index (κ2) is 13.0. The molecule has 0 radical (unpaired) electrons. The number of rotatable bonds is 8. The van der Waals surface area contributed by atoms with Gasteiger partial charge in [-0.15, -0.1) is 0 Å². The van der Waals surface area contributed by atoms with Gasteiger partial charge in [0.25, 0.3) is 0 Å². The van der Waals surface area contributed by atoms with Crippen LogP contribution in [0.25, 0.3) is 0 Å². The minimum atomic E-state index is -5.02. The van der Waals surface area contributed by atoms with Crippen molar-refractivity contribution < 1.29 is 28.5 Å². The van der Waals surface area contributed by atoms with E-state index < -0.39 is 24.2 Å². The van der Waals surface area contributed by atoms with Gasteiger partial charge in [-0.2, -0.15) is 13.2 Å². The number of hydrogen-bond donors (Lipinski definition) is 3. The monoisotopic (exact) mass is 583 g/mol. The quantitative estimate of drug-likeness (QED) is 0.363. The van der Waals surface area contributed by atoms with Crippen molar-refractivity contribution in [3.8, 4) is 0 Å². The Bertz CT molecular complexity index is 1100. The maximum absolute atomic E-state index is 14.1. The van der Waals surface area contributed by atoms with Gasteiger partial charge < -0.3 is 20.2 Å². The normalized spacial score (nSPS) is 23.1. The van der Waals surface area contributed by atoms with Crippen LogP contribution in [0.3, 0.4) is 0 Å². The number of alkyl halides is 3. The number of hydrogen-bond acceptors (Lipinski definition) is 6. The Morgan fingerprint density at radius 1 is 0.925 bits per heavy atom. The fourth-order valence-corrected chi connectivity index (χ4v) is 6.45. The molecule has 0 aliphatic carbocycles. The number of anilines is 1. The molecule has 10 heteroatoms. The predicted molar refractivity (Wildman–Crippen MR) is 151 cm³/mol. The highest BCUT2D eigenvalue weighted by Crippen LogP contribution is 2.43. The lowest BCUT2D eigenvalue weighted by Gasteiger charge is -2.40. The van der Waals surface area contributed by atoms with Gasteiger partial charge in [0.2, 0.25) is 5.60 Å². The lowest BCUT2D eigenvalue weighted by atomic mass is 9.84. The second-order valence-corrected chi connectivity index (χ2v) is 12.0. The molecule has 2 aromatic rings. The summed E-state index contributed by atoms with van der Waals surface area (Å²) < 4.78 is 42.3. The molecule has 6 nitrogen and oxygen atoms in total. The summed E-state index contributed by atoms with van der Waals surface area (Å²) in [7, 11) is 3.58. The highest BCUT2D eigenvalue weighted by molar-refractivity contribution is 6.31. The molecule has 0 aromatic heterocycles. The molecular weight excluding hydrogens is 543 g/mol. The van der Waals surface area contributed by atoms with Crippen LogP contribution in [0.5, 0.6) is 0 Å². The summed E-state index contributed by atoms with van der Waals surface area (Å²) in [5.74, 6) is 0.894. The summed E-state index contributed by atoms with van der Waals surface area (Å²) in [5, 5.41) is 32.5. The summed E-state index contributed by atoms with van der Waals surface area (Å²) in [6.07, 6.45) is -2.56. The van der Waals surface area contributed by atoms with Gasteiger partial charge in [-0.1, -0.05) is 48.0 Å². The van der Waals surface area contributed by atoms with Crippen molar-refractivity contribution in [1.29, 1.82) is 0 Å². The minimum Gasteiger partial charge on any atom is -0.375 e. The Morgan fingerprint density at radius 2 is 1.55 bits per heavy atom. The molecule has 0 bridgehead atoms. The van der Waals surface area contributed by atoms with Crippen molar-refractivity contribution >= 4 is 17.3 Å². The number of halogens is 4. The van der Waals surface area contributed by atoms with Crippen LogP contribution in [0.15, 0.2) is 48.5 Å². The Balaban J connectivity index is 1.31. The molecule has 4 unspecified atom stereocenters. The van der Waals surface area contributed by atoms with Crippen molar-refractivity contribution in [2.24, 2.45) is 11.8 Å². The molecule has 2 saturated heterocycles. The molecule has 2 aromatic carbocycles. The van der Waals surface area contributed by atoms with Crippen LogP contribution >= 0.6 is 11.6 Å². The Morgan fingerprint density at radius 3 is 2.15 bits per heavy atom. The molecule has 0 amide bonds. The third-order valence-corrected chi connectivity index (χ3v) is 8.97. The fraction of sp³-hybridized carbons (Fsp3) is 0.600. The summed E-state index contributed by atoms with van der Waals surface area (Å²) in [4.78, 5) is 5.39. The van der Waals surface area contributed by atoms with E-state index in [1.165, 1.54) is 29.2 Å². The van der Waals surface area contributed by atoms with Crippen LogP contribution in [0.1, 0.15) is 55.9 Å². The molecule has 2 aliphatic heterocycles. The van der Waals surface area contributed by atoms with Crippen molar-refractivity contribution in [3.05, 3.63) is 64.7 Å². The number of aliphatic hydroxyl groups excluding tert-OH is 2. The molecule has 4 atom stereocenters. The summed E-state index contributed by atoms with van der Waals surface area (Å²) in [5.41, 5.74) is -2.00. The van der Waals surface area contributed by atoms with Gasteiger partial charge in [0.1, 0.15) is 12.5 Å². The maximum Gasteiger partial charge on any atom is 0.425 e. The molecule has 2 fully saturated rings. The topological polar surface area (TPSA) is 70.4 Å². The van der Waals surface area contributed by atoms with Gasteiger partial charge in [-0.05, 0) is 82.2 Å². The van der Waals surface area contributed by atoms with E-state index in [1.54, 1.807) is 25.1 Å². The second-order valence-electron chi connectivity index (χ2n) is 11.5. The molecule has 40 heavy (non-hydrogen) atoms. The van der Waals surface area contributed by atoms with E-state index in [1.807, 2.05) is 18.2 Å². The predicted octanol–water partition coefficient (Wildman–Crippen LogP) is 5.37. The average Bonchev–Trinajstić information content (AvgIpc) is 3.17. The molecular formula is C30H41ClF3N3O3. The zero-order valence-corrected chi connectivity index (χ0v) is 24.0. The first-order valence-electron chi connectivity index (χ1n) is 14.1. The van der Waals surface area contributed by atoms with Crippen molar-refractivity contribution in [1.82, 2.24) is 9.80 Å². The Kier molecular flexibility index (Phi) is 10.1. The molecule has 222 valence electrons. The molecule has 0 saturated carbocycles. The molecule has 4 rings (SSSR count). The van der Waals surface area contributed by atoms with E-state index in [2.05, 4.69) is 4.90 Å². The summed E-state index contributed by atoms with van der Waals surface area (Å²) in [6, 6.07) is 12.6. The van der Waals surface area contributed by atoms with E-state index in [0.29, 0.717) is 48.4 Å². The average molecular weight is 584 g/mol. The van der Waals surface area contributed by atoms with Crippen LogP contribution in [0.2, 0.25) is 5.02 Å². The van der Waals surface area contributed by atoms with Gasteiger partial charge in [0.15, 0.2) is 0 Å². The summed E-state index contributed by atoms with van der Waals surface area (Å²) in [6.45, 7) is 2.40. The SMILES string of the molecule is CN(C)C(O)c1ccc(N2CCC(CC3CCCN(C(O)C(O)(c4ccccc4)C(F)(F)F)CC3)CC2)cc1Cl. The first-order chi connectivity index (χ1) is 18.9. The standard InChI is InChI=1S/C30H41ClF3N3O3/c1-35(2)27(38)25-11-10-24(20-26(25)31)36-16-12-22(13-17-36)19-21-7-6-15-37(18-14-21)28(39)29(40,30(32,33)34)23-8-4-3-5-9-23/h3-5,8-11,20-22,27-28,38-40H,6-7,12-19H2,1-2H3. The zero-order chi connectivity index (χ0) is 29.1. The molecule has 3 N–H and O–H groups in total. The highest BCUT2D eigenvalue weighted by Gasteiger charge is 2.61. The van der Waals surface area contributed by atoms with Crippen molar-refractivity contribution in [2.45, 2.75) is 62.8 Å². The van der Waals surface area contributed by atoms with Crippen molar-refractivity contribution in [3.63, 3.8) is 0 Å². The number of aliphatic hydroxyl groups is 3. The van der Waals surface area contributed by atoms with E-state index in [9.17, 15) is 28.5 Å². The number of piperidine rings is 1. The van der Waals surface area contributed by atoms with Crippen molar-refractivity contribution in [2.75, 3.05) is 45.2 Å². The van der Waals surface area contributed by atoms with Crippen LogP contribution in [0, 0.1) is 11.8 Å². The lowest BCUT2D eigenvalue weighted by molar-refractivity contribution is -0.319. The van der Waals surface area contributed by atoms with Crippen LogP contribution in [-0.2, 0) is 5.60 Å². The number of nitrogens with zero attached hydrogens (tertiary/aromatic N) is 3. The first-order valence-corrected chi connectivity index (χ1v) is 14.4. The third-order valence-electron chi connectivity index (χ3n) is 8.65. The largest absolute Gasteiger partial charge is 0.425 e. The van der Waals surface area contributed by atoms with Gasteiger partial charge in [-0.25, -0.2) is 0 Å². The maximum atomic E-state index is 14.1.